The summed E-state index contributed by atoms with van der Waals surface area (Å²) in [5.41, 5.74) is 2.37. The molecule has 5 rings (SSSR count). The van der Waals surface area contributed by atoms with Crippen molar-refractivity contribution in [2.24, 2.45) is 0 Å². The van der Waals surface area contributed by atoms with Gasteiger partial charge in [-0.3, -0.25) is 14.9 Å². The second-order valence-corrected chi connectivity index (χ2v) is 7.84. The van der Waals surface area contributed by atoms with E-state index in [0.717, 1.165) is 0 Å². The highest BCUT2D eigenvalue weighted by Gasteiger charge is 2.24. The van der Waals surface area contributed by atoms with Gasteiger partial charge in [-0.15, -0.1) is 5.10 Å². The molecule has 176 valence electrons. The van der Waals surface area contributed by atoms with Gasteiger partial charge in [0.15, 0.2) is 17.0 Å². The van der Waals surface area contributed by atoms with E-state index in [9.17, 15) is 19.3 Å². The second-order valence-electron chi connectivity index (χ2n) is 7.84. The number of carbonyl (C=O) groups excluding carboxylic acids is 1. The number of nitro benzene ring substituents is 1. The first-order chi connectivity index (χ1) is 17.0. The molecule has 35 heavy (non-hydrogen) atoms. The van der Waals surface area contributed by atoms with Crippen molar-refractivity contribution >= 4 is 34.7 Å². The van der Waals surface area contributed by atoms with E-state index in [4.69, 9.17) is 0 Å². The molecule has 2 aromatic carbocycles. The van der Waals surface area contributed by atoms with Crippen LogP contribution in [-0.4, -0.2) is 66.9 Å². The normalized spacial score (nSPS) is 14.1. The quantitative estimate of drug-likeness (QED) is 0.246. The highest BCUT2D eigenvalue weighted by Crippen LogP contribution is 2.24. The van der Waals surface area contributed by atoms with Gasteiger partial charge in [-0.05, 0) is 48.0 Å². The van der Waals surface area contributed by atoms with E-state index in [0.29, 0.717) is 54.4 Å². The van der Waals surface area contributed by atoms with Crippen LogP contribution in [-0.2, 0) is 4.79 Å². The summed E-state index contributed by atoms with van der Waals surface area (Å²) in [5.74, 6) is 0.137. The van der Waals surface area contributed by atoms with Crippen LogP contribution in [0.1, 0.15) is 5.56 Å². The summed E-state index contributed by atoms with van der Waals surface area (Å²) in [6.45, 7) is 2.07. The number of halogens is 1. The minimum absolute atomic E-state index is 0.00104. The molecule has 12 heteroatoms. The SMILES string of the molecule is O=C(/C=C/c1ccc([N+](=O)[O-])cc1)N1CCN(c2ncnc3c2nnn3-c2ccc(F)cc2)CC1. The monoisotopic (exact) mass is 474 g/mol. The van der Waals surface area contributed by atoms with E-state index in [-0.39, 0.29) is 17.4 Å². The van der Waals surface area contributed by atoms with Crippen LogP contribution in [0.5, 0.6) is 0 Å². The Hall–Kier alpha value is -4.74. The number of aromatic nitrogens is 5. The molecule has 0 saturated carbocycles. The molecule has 11 nitrogen and oxygen atoms in total. The number of fused-ring (bicyclic) bond motifs is 1. The van der Waals surface area contributed by atoms with E-state index < -0.39 is 4.92 Å². The van der Waals surface area contributed by atoms with Crippen LogP contribution in [0.15, 0.2) is 60.9 Å². The fourth-order valence-corrected chi connectivity index (χ4v) is 3.84. The lowest BCUT2D eigenvalue weighted by atomic mass is 10.2. The Labute approximate surface area is 198 Å². The Morgan fingerprint density at radius 2 is 1.71 bits per heavy atom. The fraction of sp³-hybridized carbons (Fsp3) is 0.174. The van der Waals surface area contributed by atoms with Gasteiger partial charge in [0.25, 0.3) is 5.69 Å². The second kappa shape index (κ2) is 9.25. The van der Waals surface area contributed by atoms with Crippen LogP contribution in [0.3, 0.4) is 0 Å². The topological polar surface area (TPSA) is 123 Å². The molecular formula is C23H19FN8O3. The zero-order valence-corrected chi connectivity index (χ0v) is 18.4. The van der Waals surface area contributed by atoms with Crippen LogP contribution in [0.25, 0.3) is 22.9 Å². The largest absolute Gasteiger partial charge is 0.351 e. The lowest BCUT2D eigenvalue weighted by Gasteiger charge is -2.34. The molecular weight excluding hydrogens is 455 g/mol. The molecule has 0 unspecified atom stereocenters. The Morgan fingerprint density at radius 3 is 2.40 bits per heavy atom. The average Bonchev–Trinajstić information content (AvgIpc) is 3.32. The van der Waals surface area contributed by atoms with E-state index in [1.54, 1.807) is 35.2 Å². The third-order valence-corrected chi connectivity index (χ3v) is 5.70. The standard InChI is InChI=1S/C23H19FN8O3/c24-17-4-8-18(9-5-17)31-23-21(27-28-31)22(25-15-26-23)30-13-11-29(12-14-30)20(33)10-3-16-1-6-19(7-2-16)32(34)35/h1-10,15H,11-14H2/b10-3+. The first-order valence-electron chi connectivity index (χ1n) is 10.8. The van der Waals surface area contributed by atoms with Crippen molar-refractivity contribution < 1.29 is 14.1 Å². The third-order valence-electron chi connectivity index (χ3n) is 5.70. The Bertz CT molecular complexity index is 1410. The Balaban J connectivity index is 1.26. The highest BCUT2D eigenvalue weighted by atomic mass is 19.1. The lowest BCUT2D eigenvalue weighted by Crippen LogP contribution is -2.48. The van der Waals surface area contributed by atoms with Gasteiger partial charge in [-0.25, -0.2) is 14.4 Å². The minimum Gasteiger partial charge on any atom is -0.351 e. The molecule has 0 aliphatic carbocycles. The number of anilines is 1. The predicted octanol–water partition coefficient (Wildman–Crippen LogP) is 2.62. The summed E-state index contributed by atoms with van der Waals surface area (Å²) in [7, 11) is 0. The summed E-state index contributed by atoms with van der Waals surface area (Å²) in [5, 5.41) is 19.2. The van der Waals surface area contributed by atoms with Crippen molar-refractivity contribution in [2.75, 3.05) is 31.1 Å². The van der Waals surface area contributed by atoms with E-state index in [1.807, 2.05) is 4.90 Å². The van der Waals surface area contributed by atoms with Gasteiger partial charge in [-0.2, -0.15) is 4.68 Å². The third kappa shape index (κ3) is 4.53. The zero-order valence-electron chi connectivity index (χ0n) is 18.4. The number of hydrogen-bond donors (Lipinski definition) is 0. The summed E-state index contributed by atoms with van der Waals surface area (Å²) >= 11 is 0. The molecule has 3 heterocycles. The Kier molecular flexibility index (Phi) is 5.83. The number of nitro groups is 1. The van der Waals surface area contributed by atoms with Crippen LogP contribution in [0, 0.1) is 15.9 Å². The maximum Gasteiger partial charge on any atom is 0.269 e. The summed E-state index contributed by atoms with van der Waals surface area (Å²) in [6.07, 6.45) is 4.54. The first kappa shape index (κ1) is 22.1. The maximum absolute atomic E-state index is 13.3. The molecule has 2 aromatic heterocycles. The molecule has 1 fully saturated rings. The van der Waals surface area contributed by atoms with E-state index in [1.165, 1.54) is 41.4 Å². The molecule has 1 amide bonds. The van der Waals surface area contributed by atoms with Crippen molar-refractivity contribution in [1.29, 1.82) is 0 Å². The van der Waals surface area contributed by atoms with E-state index in [2.05, 4.69) is 20.3 Å². The van der Waals surface area contributed by atoms with Gasteiger partial charge in [0.05, 0.1) is 10.6 Å². The number of non-ortho nitro benzene ring substituents is 1. The van der Waals surface area contributed by atoms with Crippen molar-refractivity contribution in [3.8, 4) is 5.69 Å². The van der Waals surface area contributed by atoms with Gasteiger partial charge in [-0.1, -0.05) is 5.21 Å². The van der Waals surface area contributed by atoms with Crippen LogP contribution in [0.4, 0.5) is 15.9 Å². The molecule has 0 atom stereocenters. The molecule has 1 aliphatic rings. The molecule has 1 saturated heterocycles. The summed E-state index contributed by atoms with van der Waals surface area (Å²) in [6, 6.07) is 11.9. The predicted molar refractivity (Wildman–Crippen MR) is 125 cm³/mol. The summed E-state index contributed by atoms with van der Waals surface area (Å²) in [4.78, 5) is 35.4. The van der Waals surface area contributed by atoms with Crippen molar-refractivity contribution in [3.63, 3.8) is 0 Å². The first-order valence-corrected chi connectivity index (χ1v) is 10.8. The highest BCUT2D eigenvalue weighted by molar-refractivity contribution is 5.92. The summed E-state index contributed by atoms with van der Waals surface area (Å²) < 4.78 is 14.8. The van der Waals surface area contributed by atoms with Crippen LogP contribution in [0.2, 0.25) is 0 Å². The molecule has 0 radical (unpaired) electrons. The Morgan fingerprint density at radius 1 is 1.00 bits per heavy atom. The average molecular weight is 474 g/mol. The van der Waals surface area contributed by atoms with Crippen LogP contribution >= 0.6 is 0 Å². The van der Waals surface area contributed by atoms with Gasteiger partial charge in [0, 0.05) is 44.4 Å². The number of benzene rings is 2. The van der Waals surface area contributed by atoms with Crippen molar-refractivity contribution in [2.45, 2.75) is 0 Å². The van der Waals surface area contributed by atoms with Gasteiger partial charge in [0.2, 0.25) is 5.91 Å². The van der Waals surface area contributed by atoms with Crippen molar-refractivity contribution in [1.82, 2.24) is 29.9 Å². The smallest absolute Gasteiger partial charge is 0.269 e. The van der Waals surface area contributed by atoms with Crippen LogP contribution < -0.4 is 4.90 Å². The van der Waals surface area contributed by atoms with Gasteiger partial charge in [0.1, 0.15) is 12.1 Å². The molecule has 0 N–H and O–H groups in total. The number of carbonyl (C=O) groups is 1. The number of piperazine rings is 1. The number of rotatable bonds is 5. The fourth-order valence-electron chi connectivity index (χ4n) is 3.84. The zero-order chi connectivity index (χ0) is 24.4. The molecule has 1 aliphatic heterocycles. The van der Waals surface area contributed by atoms with Crippen molar-refractivity contribution in [3.05, 3.63) is 82.4 Å². The molecule has 0 bridgehead atoms. The molecule has 0 spiro atoms. The number of nitrogens with zero attached hydrogens (tertiary/aromatic N) is 8. The van der Waals surface area contributed by atoms with E-state index >= 15 is 0 Å². The number of hydrogen-bond acceptors (Lipinski definition) is 8. The minimum atomic E-state index is -0.465. The maximum atomic E-state index is 13.3. The lowest BCUT2D eigenvalue weighted by molar-refractivity contribution is -0.384. The van der Waals surface area contributed by atoms with Gasteiger partial charge >= 0.3 is 0 Å². The number of amides is 1. The van der Waals surface area contributed by atoms with Gasteiger partial charge < -0.3 is 9.80 Å². The molecule has 4 aromatic rings.